The Kier molecular flexibility index (Phi) is 2.38. The van der Waals surface area contributed by atoms with Crippen molar-refractivity contribution >= 4 is 38.4 Å². The van der Waals surface area contributed by atoms with Crippen LogP contribution in [0.2, 0.25) is 0 Å². The largest absolute Gasteiger partial charge is 0.505 e. The Balaban J connectivity index is 2.84. The molecule has 0 bridgehead atoms. The first kappa shape index (κ1) is 8.78. The van der Waals surface area contributed by atoms with Gasteiger partial charge in [-0.1, -0.05) is 28.1 Å². The van der Waals surface area contributed by atoms with Gasteiger partial charge in [0, 0.05) is 14.7 Å². The van der Waals surface area contributed by atoms with Gasteiger partial charge in [0.05, 0.1) is 5.39 Å². The van der Waals surface area contributed by atoms with Crippen LogP contribution >= 0.6 is 15.9 Å². The average molecular weight is 254 g/mol. The maximum absolute atomic E-state index is 10.7. The van der Waals surface area contributed by atoms with Crippen molar-refractivity contribution in [3.63, 3.8) is 0 Å². The van der Waals surface area contributed by atoms with E-state index in [9.17, 15) is 4.21 Å². The molecule has 2 rings (SSSR count). The molecule has 0 spiro atoms. The minimum atomic E-state index is 0.539. The summed E-state index contributed by atoms with van der Waals surface area (Å²) < 4.78 is 11.8. The van der Waals surface area contributed by atoms with E-state index in [-0.39, 0.29) is 0 Å². The van der Waals surface area contributed by atoms with Crippen LogP contribution in [0.3, 0.4) is 0 Å². The van der Waals surface area contributed by atoms with Crippen molar-refractivity contribution in [1.29, 1.82) is 0 Å². The molecule has 0 saturated carbocycles. The Labute approximate surface area is 88.4 Å². The van der Waals surface area contributed by atoms with E-state index < -0.39 is 0 Å². The number of fused-ring (bicyclic) bond motifs is 1. The fourth-order valence-electron chi connectivity index (χ4n) is 1.30. The Hall–Kier alpha value is -0.800. The van der Waals surface area contributed by atoms with E-state index in [1.807, 2.05) is 36.4 Å². The van der Waals surface area contributed by atoms with Gasteiger partial charge in [-0.25, -0.2) is 0 Å². The fourth-order valence-corrected chi connectivity index (χ4v) is 2.09. The lowest BCUT2D eigenvalue weighted by atomic mass is 10.1. The van der Waals surface area contributed by atoms with Gasteiger partial charge in [0.15, 0.2) is 0 Å². The zero-order valence-electron chi connectivity index (χ0n) is 6.66. The predicted molar refractivity (Wildman–Crippen MR) is 58.0 cm³/mol. The third kappa shape index (κ3) is 1.62. The number of halogens is 1. The summed E-state index contributed by atoms with van der Waals surface area (Å²) in [5.74, 6) is 0. The molecule has 0 fully saturated rings. The molecule has 64 valence electrons. The molecule has 0 atom stereocenters. The highest BCUT2D eigenvalue weighted by Gasteiger charge is 2.10. The van der Waals surface area contributed by atoms with E-state index in [1.54, 1.807) is 0 Å². The van der Waals surface area contributed by atoms with Gasteiger partial charge < -0.3 is 0 Å². The normalized spacial score (nSPS) is 10.2. The maximum atomic E-state index is 10.7. The molecular weight excluding hydrogens is 248 g/mol. The van der Waals surface area contributed by atoms with Crippen LogP contribution in [-0.4, -0.2) is 0 Å². The highest BCUT2D eigenvalue weighted by atomic mass is 79.9. The minimum absolute atomic E-state index is 0.539. The summed E-state index contributed by atoms with van der Waals surface area (Å²) in [5, 5.41) is 2.11. The van der Waals surface area contributed by atoms with Crippen molar-refractivity contribution in [2.75, 3.05) is 0 Å². The molecule has 0 amide bonds. The van der Waals surface area contributed by atoms with Crippen molar-refractivity contribution in [1.82, 2.24) is 0 Å². The number of hydrogen-bond donors (Lipinski definition) is 0. The van der Waals surface area contributed by atoms with Gasteiger partial charge in [-0.2, -0.15) is 0 Å². The minimum Gasteiger partial charge on any atom is -0.0558 e. The summed E-state index contributed by atoms with van der Waals surface area (Å²) in [4.78, 5) is 0.782. The molecule has 0 heterocycles. The lowest BCUT2D eigenvalue weighted by Crippen LogP contribution is -1.78. The van der Waals surface area contributed by atoms with Crippen LogP contribution in [0.1, 0.15) is 0 Å². The van der Waals surface area contributed by atoms with E-state index in [4.69, 9.17) is 0 Å². The summed E-state index contributed by atoms with van der Waals surface area (Å²) in [7, 11) is 0. The molecule has 0 aromatic heterocycles. The fraction of sp³-hybridized carbons (Fsp3) is 0. The van der Waals surface area contributed by atoms with Crippen LogP contribution in [0.25, 0.3) is 10.8 Å². The van der Waals surface area contributed by atoms with E-state index in [0.29, 0.717) is 11.7 Å². The predicted octanol–water partition coefficient (Wildman–Crippen LogP) is 3.39. The highest BCUT2D eigenvalue weighted by molar-refractivity contribution is 9.10. The zero-order chi connectivity index (χ0) is 9.26. The molecule has 2 aromatic carbocycles. The maximum Gasteiger partial charge on any atom is 0.505 e. The molecule has 0 N–H and O–H groups in total. The molecule has 1 nitrogen and oxygen atoms in total. The van der Waals surface area contributed by atoms with Crippen LogP contribution in [0.5, 0.6) is 0 Å². The van der Waals surface area contributed by atoms with Gasteiger partial charge in [-0.15, -0.1) is 0 Å². The highest BCUT2D eigenvalue weighted by Crippen LogP contribution is 2.22. The Morgan fingerprint density at radius 1 is 1.15 bits per heavy atom. The SMILES string of the molecule is O=[S+]c1cccc2cc(Br)ccc12. The summed E-state index contributed by atoms with van der Waals surface area (Å²) in [5.41, 5.74) is 0. The van der Waals surface area contributed by atoms with Crippen LogP contribution < -0.4 is 0 Å². The van der Waals surface area contributed by atoms with Crippen LogP contribution in [0.15, 0.2) is 45.8 Å². The number of hydrogen-bond acceptors (Lipinski definition) is 1. The summed E-state index contributed by atoms with van der Waals surface area (Å²) in [6.07, 6.45) is 0. The van der Waals surface area contributed by atoms with Crippen molar-refractivity contribution in [3.05, 3.63) is 40.9 Å². The molecule has 0 aliphatic heterocycles. The lowest BCUT2D eigenvalue weighted by molar-refractivity contribution is 0.605. The standard InChI is InChI=1S/C10H6BrOS/c11-8-4-5-9-7(6-8)2-1-3-10(9)13-12/h1-6H/q+1. The molecule has 3 heteroatoms. The van der Waals surface area contributed by atoms with Crippen LogP contribution in [0, 0.1) is 0 Å². The van der Waals surface area contributed by atoms with Gasteiger partial charge >= 0.3 is 11.7 Å². The molecule has 0 radical (unpaired) electrons. The van der Waals surface area contributed by atoms with Crippen LogP contribution in [-0.2, 0) is 15.9 Å². The molecule has 0 aliphatic carbocycles. The van der Waals surface area contributed by atoms with Crippen molar-refractivity contribution < 1.29 is 4.21 Å². The summed E-state index contributed by atoms with van der Waals surface area (Å²) in [6.45, 7) is 0. The second-order valence-corrected chi connectivity index (χ2v) is 4.23. The van der Waals surface area contributed by atoms with Gasteiger partial charge in [0.1, 0.15) is 0 Å². The van der Waals surface area contributed by atoms with E-state index in [0.717, 1.165) is 20.1 Å². The Bertz CT molecular complexity index is 467. The van der Waals surface area contributed by atoms with Crippen molar-refractivity contribution in [2.45, 2.75) is 4.90 Å². The third-order valence-electron chi connectivity index (χ3n) is 1.89. The second-order valence-electron chi connectivity index (χ2n) is 2.70. The van der Waals surface area contributed by atoms with E-state index in [2.05, 4.69) is 15.9 Å². The summed E-state index contributed by atoms with van der Waals surface area (Å²) in [6, 6.07) is 11.7. The second kappa shape index (κ2) is 3.52. The third-order valence-corrected chi connectivity index (χ3v) is 2.92. The zero-order valence-corrected chi connectivity index (χ0v) is 9.06. The quantitative estimate of drug-likeness (QED) is 0.713. The van der Waals surface area contributed by atoms with Crippen molar-refractivity contribution in [3.8, 4) is 0 Å². The topological polar surface area (TPSA) is 17.1 Å². The Morgan fingerprint density at radius 2 is 2.00 bits per heavy atom. The Morgan fingerprint density at radius 3 is 2.77 bits per heavy atom. The monoisotopic (exact) mass is 253 g/mol. The molecule has 2 aromatic rings. The number of benzene rings is 2. The van der Waals surface area contributed by atoms with Gasteiger partial charge in [-0.05, 0) is 23.6 Å². The molecule has 0 saturated heterocycles. The lowest BCUT2D eigenvalue weighted by Gasteiger charge is -1.94. The molecule has 0 unspecified atom stereocenters. The number of rotatable bonds is 1. The molecule has 13 heavy (non-hydrogen) atoms. The van der Waals surface area contributed by atoms with Crippen LogP contribution in [0.4, 0.5) is 0 Å². The first-order valence-corrected chi connectivity index (χ1v) is 5.33. The first-order valence-electron chi connectivity index (χ1n) is 3.79. The smallest absolute Gasteiger partial charge is 0.0558 e. The average Bonchev–Trinajstić information content (AvgIpc) is 2.16. The molecular formula is C10H6BrOS+. The summed E-state index contributed by atoms with van der Waals surface area (Å²) >= 11 is 3.93. The van der Waals surface area contributed by atoms with Gasteiger partial charge in [0.25, 0.3) is 4.90 Å². The molecule has 0 aliphatic rings. The van der Waals surface area contributed by atoms with Gasteiger partial charge in [-0.3, -0.25) is 0 Å². The van der Waals surface area contributed by atoms with E-state index in [1.165, 1.54) is 0 Å². The van der Waals surface area contributed by atoms with E-state index >= 15 is 0 Å². The van der Waals surface area contributed by atoms with Gasteiger partial charge in [0.2, 0.25) is 0 Å². The first-order chi connectivity index (χ1) is 6.31. The van der Waals surface area contributed by atoms with Crippen molar-refractivity contribution in [2.24, 2.45) is 0 Å².